The van der Waals surface area contributed by atoms with Crippen LogP contribution in [0.2, 0.25) is 0 Å². The van der Waals surface area contributed by atoms with Crippen LogP contribution in [0, 0.1) is 17.6 Å². The summed E-state index contributed by atoms with van der Waals surface area (Å²) in [5, 5.41) is 2.86. The first-order valence-corrected chi connectivity index (χ1v) is 6.31. The van der Waals surface area contributed by atoms with E-state index >= 15 is 0 Å². The maximum absolute atomic E-state index is 13.1. The Bertz CT molecular complexity index is 502. The van der Waals surface area contributed by atoms with Crippen LogP contribution in [0.3, 0.4) is 0 Å². The monoisotopic (exact) mass is 268 g/mol. The van der Waals surface area contributed by atoms with Crippen LogP contribution >= 0.6 is 0 Å². The van der Waals surface area contributed by atoms with Gasteiger partial charge in [0, 0.05) is 18.0 Å². The third-order valence-electron chi connectivity index (χ3n) is 3.47. The van der Waals surface area contributed by atoms with Crippen LogP contribution in [-0.4, -0.2) is 18.0 Å². The molecule has 0 bridgehead atoms. The van der Waals surface area contributed by atoms with Crippen LogP contribution < -0.4 is 11.1 Å². The molecule has 2 unspecified atom stereocenters. The van der Waals surface area contributed by atoms with Gasteiger partial charge in [0.05, 0.1) is 0 Å². The van der Waals surface area contributed by atoms with Gasteiger partial charge < -0.3 is 11.1 Å². The summed E-state index contributed by atoms with van der Waals surface area (Å²) in [7, 11) is 0. The van der Waals surface area contributed by atoms with Gasteiger partial charge in [-0.15, -0.1) is 0 Å². The molecule has 2 rings (SSSR count). The Morgan fingerprint density at radius 1 is 1.42 bits per heavy atom. The van der Waals surface area contributed by atoms with Gasteiger partial charge in [-0.1, -0.05) is 6.07 Å². The molecule has 0 aromatic heterocycles. The van der Waals surface area contributed by atoms with Crippen molar-refractivity contribution in [3.05, 3.63) is 35.4 Å². The summed E-state index contributed by atoms with van der Waals surface area (Å²) < 4.78 is 26.0. The summed E-state index contributed by atoms with van der Waals surface area (Å²) in [4.78, 5) is 12.0. The number of carbonyl (C=O) groups is 1. The van der Waals surface area contributed by atoms with Gasteiger partial charge in [-0.25, -0.2) is 8.78 Å². The molecule has 0 aliphatic heterocycles. The molecule has 1 aromatic rings. The van der Waals surface area contributed by atoms with Crippen LogP contribution in [0.15, 0.2) is 18.2 Å². The van der Waals surface area contributed by atoms with E-state index in [2.05, 4.69) is 5.32 Å². The van der Waals surface area contributed by atoms with Crippen molar-refractivity contribution in [3.8, 4) is 0 Å². The third kappa shape index (κ3) is 3.10. The Morgan fingerprint density at radius 3 is 2.68 bits per heavy atom. The number of halogens is 2. The molecule has 1 aliphatic rings. The number of hydrogen-bond acceptors (Lipinski definition) is 2. The highest BCUT2D eigenvalue weighted by Crippen LogP contribution is 2.47. The lowest BCUT2D eigenvalue weighted by molar-refractivity contribution is -0.123. The Hall–Kier alpha value is -1.49. The number of hydrogen-bond donors (Lipinski definition) is 2. The molecule has 0 spiro atoms. The minimum Gasteiger partial charge on any atom is -0.350 e. The lowest BCUT2D eigenvalue weighted by atomic mass is 10.0. The number of nitrogens with one attached hydrogen (secondary N) is 1. The molecule has 3 nitrogen and oxygen atoms in total. The van der Waals surface area contributed by atoms with Gasteiger partial charge in [0.2, 0.25) is 5.91 Å². The van der Waals surface area contributed by atoms with Crippen molar-refractivity contribution in [2.75, 3.05) is 6.54 Å². The number of rotatable bonds is 4. The van der Waals surface area contributed by atoms with Gasteiger partial charge in [-0.3, -0.25) is 4.79 Å². The van der Waals surface area contributed by atoms with E-state index in [0.29, 0.717) is 18.5 Å². The highest BCUT2D eigenvalue weighted by Gasteiger charge is 2.45. The third-order valence-corrected chi connectivity index (χ3v) is 3.47. The molecule has 3 N–H and O–H groups in total. The van der Waals surface area contributed by atoms with Crippen molar-refractivity contribution in [2.24, 2.45) is 11.7 Å². The number of benzene rings is 1. The second-order valence-electron chi connectivity index (χ2n) is 5.70. The maximum Gasteiger partial charge on any atom is 0.224 e. The minimum atomic E-state index is -0.870. The van der Waals surface area contributed by atoms with Gasteiger partial charge >= 0.3 is 0 Å². The Morgan fingerprint density at radius 2 is 2.11 bits per heavy atom. The quantitative estimate of drug-likeness (QED) is 0.876. The number of amides is 1. The highest BCUT2D eigenvalue weighted by atomic mass is 19.2. The van der Waals surface area contributed by atoms with Crippen molar-refractivity contribution in [1.29, 1.82) is 0 Å². The molecule has 5 heteroatoms. The molecule has 0 heterocycles. The minimum absolute atomic E-state index is 0.0244. The lowest BCUT2D eigenvalue weighted by Crippen LogP contribution is -2.49. The summed E-state index contributed by atoms with van der Waals surface area (Å²) in [6, 6.07) is 3.80. The first-order valence-electron chi connectivity index (χ1n) is 6.31. The summed E-state index contributed by atoms with van der Waals surface area (Å²) in [6.07, 6.45) is 0.664. The van der Waals surface area contributed by atoms with E-state index in [1.807, 2.05) is 13.8 Å². The summed E-state index contributed by atoms with van der Waals surface area (Å²) in [5.74, 6) is -2.01. The van der Waals surface area contributed by atoms with Crippen molar-refractivity contribution in [2.45, 2.75) is 31.7 Å². The van der Waals surface area contributed by atoms with Crippen LogP contribution in [0.5, 0.6) is 0 Å². The van der Waals surface area contributed by atoms with Gasteiger partial charge in [-0.05, 0) is 43.9 Å². The molecule has 19 heavy (non-hydrogen) atoms. The molecule has 2 atom stereocenters. The van der Waals surface area contributed by atoms with E-state index in [9.17, 15) is 13.6 Å². The summed E-state index contributed by atoms with van der Waals surface area (Å²) in [5.41, 5.74) is 5.78. The van der Waals surface area contributed by atoms with E-state index in [0.717, 1.165) is 6.07 Å². The first kappa shape index (κ1) is 13.9. The van der Waals surface area contributed by atoms with Crippen LogP contribution in [0.25, 0.3) is 0 Å². The number of nitrogens with two attached hydrogens (primary N) is 1. The second-order valence-corrected chi connectivity index (χ2v) is 5.70. The molecule has 1 amide bonds. The Kier molecular flexibility index (Phi) is 3.58. The van der Waals surface area contributed by atoms with Crippen LogP contribution in [0.4, 0.5) is 8.78 Å². The van der Waals surface area contributed by atoms with E-state index < -0.39 is 17.2 Å². The van der Waals surface area contributed by atoms with Gasteiger partial charge in [0.1, 0.15) is 0 Å². The molecule has 1 saturated carbocycles. The Labute approximate surface area is 111 Å². The van der Waals surface area contributed by atoms with Gasteiger partial charge in [-0.2, -0.15) is 0 Å². The van der Waals surface area contributed by atoms with Crippen molar-refractivity contribution in [1.82, 2.24) is 5.32 Å². The normalized spacial score (nSPS) is 22.2. The molecular formula is C14H18F2N2O. The fourth-order valence-electron chi connectivity index (χ4n) is 2.07. The van der Waals surface area contributed by atoms with E-state index in [1.165, 1.54) is 12.1 Å². The second kappa shape index (κ2) is 4.89. The van der Waals surface area contributed by atoms with Crippen LogP contribution in [-0.2, 0) is 4.79 Å². The van der Waals surface area contributed by atoms with Crippen LogP contribution in [0.1, 0.15) is 31.7 Å². The average Bonchev–Trinajstić information content (AvgIpc) is 3.12. The fourth-order valence-corrected chi connectivity index (χ4v) is 2.07. The maximum atomic E-state index is 13.1. The van der Waals surface area contributed by atoms with Crippen molar-refractivity contribution < 1.29 is 13.6 Å². The molecule has 0 radical (unpaired) electrons. The topological polar surface area (TPSA) is 55.1 Å². The first-order chi connectivity index (χ1) is 8.84. The van der Waals surface area contributed by atoms with Crippen molar-refractivity contribution in [3.63, 3.8) is 0 Å². The zero-order valence-electron chi connectivity index (χ0n) is 11.0. The Balaban J connectivity index is 2.00. The smallest absolute Gasteiger partial charge is 0.224 e. The predicted octanol–water partition coefficient (Wildman–Crippen LogP) is 1.92. The van der Waals surface area contributed by atoms with E-state index in [1.54, 1.807) is 0 Å². The zero-order chi connectivity index (χ0) is 14.2. The van der Waals surface area contributed by atoms with E-state index in [-0.39, 0.29) is 17.7 Å². The average molecular weight is 268 g/mol. The fraction of sp³-hybridized carbons (Fsp3) is 0.500. The zero-order valence-corrected chi connectivity index (χ0v) is 11.0. The van der Waals surface area contributed by atoms with Gasteiger partial charge in [0.15, 0.2) is 11.6 Å². The molecule has 0 saturated heterocycles. The van der Waals surface area contributed by atoms with Crippen molar-refractivity contribution >= 4 is 5.91 Å². The molecule has 104 valence electrons. The molecule has 1 aromatic carbocycles. The summed E-state index contributed by atoms with van der Waals surface area (Å²) in [6.45, 7) is 4.04. The molecule has 1 fully saturated rings. The predicted molar refractivity (Wildman–Crippen MR) is 68.5 cm³/mol. The molecule has 1 aliphatic carbocycles. The number of carbonyl (C=O) groups excluding carboxylic acids is 1. The van der Waals surface area contributed by atoms with E-state index in [4.69, 9.17) is 5.73 Å². The highest BCUT2D eigenvalue weighted by molar-refractivity contribution is 5.83. The lowest BCUT2D eigenvalue weighted by Gasteiger charge is -2.24. The standard InChI is InChI=1S/C14H18F2N2O/c1-14(2,7-17)18-13(19)10-6-9(10)8-3-4-11(15)12(16)5-8/h3-5,9-10H,6-7,17H2,1-2H3,(H,18,19). The van der Waals surface area contributed by atoms with Gasteiger partial charge in [0.25, 0.3) is 0 Å². The molecular weight excluding hydrogens is 250 g/mol. The largest absolute Gasteiger partial charge is 0.350 e. The summed E-state index contributed by atoms with van der Waals surface area (Å²) >= 11 is 0. The SMILES string of the molecule is CC(C)(CN)NC(=O)C1CC1c1ccc(F)c(F)c1.